The summed E-state index contributed by atoms with van der Waals surface area (Å²) in [7, 11) is -3.18. The van der Waals surface area contributed by atoms with Crippen LogP contribution in [0.1, 0.15) is 27.2 Å². The molecule has 2 atom stereocenters. The molecule has 0 bridgehead atoms. The highest BCUT2D eigenvalue weighted by molar-refractivity contribution is 14.0. The third-order valence-electron chi connectivity index (χ3n) is 4.38. The first-order chi connectivity index (χ1) is 12.3. The normalized spacial score (nSPS) is 20.7. The van der Waals surface area contributed by atoms with Gasteiger partial charge in [-0.2, -0.15) is 0 Å². The highest BCUT2D eigenvalue weighted by Crippen LogP contribution is 2.21. The Balaban J connectivity index is 0.00000364. The summed E-state index contributed by atoms with van der Waals surface area (Å²) in [6.07, 6.45) is 2.46. The van der Waals surface area contributed by atoms with Crippen molar-refractivity contribution in [2.45, 2.75) is 32.1 Å². The van der Waals surface area contributed by atoms with E-state index in [9.17, 15) is 8.42 Å². The highest BCUT2D eigenvalue weighted by atomic mass is 127. The molecule has 27 heavy (non-hydrogen) atoms. The summed E-state index contributed by atoms with van der Waals surface area (Å²) in [6.45, 7) is 10.6. The number of halogens is 1. The van der Waals surface area contributed by atoms with E-state index in [1.165, 1.54) is 12.7 Å². The Morgan fingerprint density at radius 3 is 2.33 bits per heavy atom. The van der Waals surface area contributed by atoms with E-state index >= 15 is 0 Å². The monoisotopic (exact) mass is 509 g/mol. The summed E-state index contributed by atoms with van der Waals surface area (Å²) in [6, 6.07) is 6.49. The van der Waals surface area contributed by atoms with E-state index < -0.39 is 9.84 Å². The van der Waals surface area contributed by atoms with Crippen LogP contribution >= 0.6 is 24.0 Å². The molecule has 1 aromatic rings. The van der Waals surface area contributed by atoms with E-state index in [2.05, 4.69) is 36.0 Å². The first-order valence-corrected chi connectivity index (χ1v) is 11.1. The van der Waals surface area contributed by atoms with Gasteiger partial charge in [0.2, 0.25) is 0 Å². The van der Waals surface area contributed by atoms with Gasteiger partial charge in [0.1, 0.15) is 12.4 Å². The zero-order chi connectivity index (χ0) is 19.2. The second kappa shape index (κ2) is 11.1. The van der Waals surface area contributed by atoms with E-state index in [4.69, 9.17) is 4.74 Å². The van der Waals surface area contributed by atoms with Crippen molar-refractivity contribution < 1.29 is 13.2 Å². The molecule has 0 aromatic heterocycles. The fourth-order valence-corrected chi connectivity index (χ4v) is 3.99. The number of guanidine groups is 1. The van der Waals surface area contributed by atoms with Crippen LogP contribution in [0.3, 0.4) is 0 Å². The van der Waals surface area contributed by atoms with Gasteiger partial charge in [-0.15, -0.1) is 24.0 Å². The van der Waals surface area contributed by atoms with Gasteiger partial charge < -0.3 is 15.0 Å². The largest absolute Gasteiger partial charge is 0.492 e. The zero-order valence-electron chi connectivity index (χ0n) is 16.6. The standard InChI is InChI=1S/C19H31N3O3S.HI/c1-5-20-19(22-13-15(2)12-16(3)14-22)21-10-11-25-17-6-8-18(9-7-17)26(4,23)24;/h6-9,15-16H,5,10-14H2,1-4H3,(H,20,21);1H. The lowest BCUT2D eigenvalue weighted by molar-refractivity contribution is 0.208. The molecule has 6 nitrogen and oxygen atoms in total. The molecule has 0 amide bonds. The van der Waals surface area contributed by atoms with E-state index in [1.807, 2.05) is 0 Å². The van der Waals surface area contributed by atoms with Crippen molar-refractivity contribution in [1.29, 1.82) is 0 Å². The van der Waals surface area contributed by atoms with Crippen LogP contribution in [0.4, 0.5) is 0 Å². The minimum absolute atomic E-state index is 0. The first-order valence-electron chi connectivity index (χ1n) is 9.25. The third kappa shape index (κ3) is 7.85. The molecule has 1 fully saturated rings. The fourth-order valence-electron chi connectivity index (χ4n) is 3.36. The fraction of sp³-hybridized carbons (Fsp3) is 0.632. The van der Waals surface area contributed by atoms with Crippen LogP contribution < -0.4 is 10.1 Å². The molecule has 2 rings (SSSR count). The Morgan fingerprint density at radius 1 is 1.22 bits per heavy atom. The Hall–Kier alpha value is -1.03. The van der Waals surface area contributed by atoms with E-state index in [-0.39, 0.29) is 24.0 Å². The van der Waals surface area contributed by atoms with Gasteiger partial charge in [0.15, 0.2) is 15.8 Å². The van der Waals surface area contributed by atoms with Crippen molar-refractivity contribution >= 4 is 39.8 Å². The lowest BCUT2D eigenvalue weighted by Gasteiger charge is -2.37. The number of benzene rings is 1. The number of sulfone groups is 1. The van der Waals surface area contributed by atoms with Crippen LogP contribution in [0, 0.1) is 11.8 Å². The van der Waals surface area contributed by atoms with Crippen molar-refractivity contribution in [3.63, 3.8) is 0 Å². The number of likely N-dealkylation sites (tertiary alicyclic amines) is 1. The zero-order valence-corrected chi connectivity index (χ0v) is 19.8. The van der Waals surface area contributed by atoms with Crippen molar-refractivity contribution in [2.75, 3.05) is 39.0 Å². The maximum Gasteiger partial charge on any atom is 0.194 e. The summed E-state index contributed by atoms with van der Waals surface area (Å²) < 4.78 is 28.6. The average molecular weight is 509 g/mol. The molecule has 1 N–H and O–H groups in total. The molecule has 1 aromatic carbocycles. The van der Waals surface area contributed by atoms with Gasteiger partial charge in [-0.1, -0.05) is 13.8 Å². The average Bonchev–Trinajstić information content (AvgIpc) is 2.56. The van der Waals surface area contributed by atoms with Crippen molar-refractivity contribution in [3.8, 4) is 5.75 Å². The molecule has 0 spiro atoms. The van der Waals surface area contributed by atoms with Gasteiger partial charge in [-0.25, -0.2) is 13.4 Å². The van der Waals surface area contributed by atoms with Crippen LogP contribution in [-0.2, 0) is 9.84 Å². The minimum atomic E-state index is -3.18. The number of rotatable bonds is 6. The Bertz CT molecular complexity index is 697. The van der Waals surface area contributed by atoms with Crippen LogP contribution in [0.25, 0.3) is 0 Å². The molecule has 0 aliphatic carbocycles. The Kier molecular flexibility index (Phi) is 9.86. The number of piperidine rings is 1. The number of ether oxygens (including phenoxy) is 1. The van der Waals surface area contributed by atoms with Crippen LogP contribution in [0.15, 0.2) is 34.2 Å². The van der Waals surface area contributed by atoms with Gasteiger partial charge in [-0.3, -0.25) is 0 Å². The first kappa shape index (κ1) is 24.0. The van der Waals surface area contributed by atoms with Crippen molar-refractivity contribution in [2.24, 2.45) is 16.8 Å². The summed E-state index contributed by atoms with van der Waals surface area (Å²) >= 11 is 0. The molecule has 154 valence electrons. The van der Waals surface area contributed by atoms with Crippen LogP contribution in [0.2, 0.25) is 0 Å². The van der Waals surface area contributed by atoms with Crippen molar-refractivity contribution in [1.82, 2.24) is 10.2 Å². The number of nitrogens with zero attached hydrogens (tertiary/aromatic N) is 2. The highest BCUT2D eigenvalue weighted by Gasteiger charge is 2.23. The lowest BCUT2D eigenvalue weighted by Crippen LogP contribution is -2.48. The molecular weight excluding hydrogens is 477 g/mol. The molecule has 1 heterocycles. The Morgan fingerprint density at radius 2 is 1.81 bits per heavy atom. The molecule has 0 saturated carbocycles. The van der Waals surface area contributed by atoms with Crippen molar-refractivity contribution in [3.05, 3.63) is 24.3 Å². The maximum absolute atomic E-state index is 11.5. The maximum atomic E-state index is 11.5. The topological polar surface area (TPSA) is 71.0 Å². The molecule has 1 aliphatic heterocycles. The number of hydrogen-bond acceptors (Lipinski definition) is 4. The molecule has 1 saturated heterocycles. The molecule has 1 aliphatic rings. The van der Waals surface area contributed by atoms with Gasteiger partial charge in [-0.05, 0) is 49.4 Å². The summed E-state index contributed by atoms with van der Waals surface area (Å²) in [4.78, 5) is 7.32. The summed E-state index contributed by atoms with van der Waals surface area (Å²) in [5.41, 5.74) is 0. The minimum Gasteiger partial charge on any atom is -0.492 e. The molecule has 8 heteroatoms. The number of hydrogen-bond donors (Lipinski definition) is 1. The third-order valence-corrected chi connectivity index (χ3v) is 5.51. The SMILES string of the molecule is CCNC(=NCCOc1ccc(S(C)(=O)=O)cc1)N1CC(C)CC(C)C1.I. The summed E-state index contributed by atoms with van der Waals surface area (Å²) in [5, 5.41) is 3.37. The quantitative estimate of drug-likeness (QED) is 0.276. The van der Waals surface area contributed by atoms with Gasteiger partial charge in [0.05, 0.1) is 11.4 Å². The van der Waals surface area contributed by atoms with Gasteiger partial charge in [0.25, 0.3) is 0 Å². The molecule has 2 unspecified atom stereocenters. The number of nitrogens with one attached hydrogen (secondary N) is 1. The Labute approximate surface area is 180 Å². The molecule has 0 radical (unpaired) electrons. The van der Waals surface area contributed by atoms with Gasteiger partial charge >= 0.3 is 0 Å². The predicted octanol–water partition coefficient (Wildman–Crippen LogP) is 3.03. The van der Waals surface area contributed by atoms with Crippen LogP contribution in [0.5, 0.6) is 5.75 Å². The molecular formula is C19H32IN3O3S. The predicted molar refractivity (Wildman–Crippen MR) is 121 cm³/mol. The van der Waals surface area contributed by atoms with Gasteiger partial charge in [0, 0.05) is 25.9 Å². The second-order valence-corrected chi connectivity index (χ2v) is 9.19. The van der Waals surface area contributed by atoms with E-state index in [1.54, 1.807) is 24.3 Å². The smallest absolute Gasteiger partial charge is 0.194 e. The van der Waals surface area contributed by atoms with E-state index in [0.717, 1.165) is 25.6 Å². The summed E-state index contributed by atoms with van der Waals surface area (Å²) in [5.74, 6) is 2.94. The van der Waals surface area contributed by atoms with E-state index in [0.29, 0.717) is 35.6 Å². The second-order valence-electron chi connectivity index (χ2n) is 7.18. The lowest BCUT2D eigenvalue weighted by atomic mass is 9.92. The number of aliphatic imine (C=N–C) groups is 1. The van der Waals surface area contributed by atoms with Crippen LogP contribution in [-0.4, -0.2) is 58.3 Å².